The van der Waals surface area contributed by atoms with Crippen molar-refractivity contribution in [3.8, 4) is 5.75 Å². The van der Waals surface area contributed by atoms with Crippen molar-refractivity contribution < 1.29 is 22.5 Å². The highest BCUT2D eigenvalue weighted by Gasteiger charge is 2.16. The second kappa shape index (κ2) is 9.45. The zero-order chi connectivity index (χ0) is 21.6. The number of carbonyl (C=O) groups is 1. The molecule has 0 unspecified atom stereocenters. The molecule has 0 saturated carbocycles. The summed E-state index contributed by atoms with van der Waals surface area (Å²) in [6, 6.07) is 15.1. The minimum Gasteiger partial charge on any atom is -0.494 e. The number of aromatic nitrogens is 1. The van der Waals surface area contributed by atoms with Crippen LogP contribution >= 0.6 is 0 Å². The van der Waals surface area contributed by atoms with Gasteiger partial charge in [-0.1, -0.05) is 17.3 Å². The Labute approximate surface area is 175 Å². The number of nitrogens with one attached hydrogen (secondary N) is 2. The number of rotatable bonds is 9. The number of aryl methyl sites for hydroxylation is 2. The standard InChI is InChI=1S/C21H23N3O5S/c1-15-5-3-6-18(13-15)28-12-4-7-21(25)22-17-8-10-19(11-9-17)30(26,27)24-20-14-16(2)29-23-20/h3,5-6,8-11,13-14H,4,7,12H2,1-2H3,(H,22,25)(H,23,24). The van der Waals surface area contributed by atoms with Gasteiger partial charge in [-0.15, -0.1) is 0 Å². The van der Waals surface area contributed by atoms with Crippen LogP contribution in [-0.2, 0) is 14.8 Å². The summed E-state index contributed by atoms with van der Waals surface area (Å²) >= 11 is 0. The zero-order valence-corrected chi connectivity index (χ0v) is 17.5. The minimum atomic E-state index is -3.79. The molecule has 0 spiro atoms. The fraction of sp³-hybridized carbons (Fsp3) is 0.238. The molecule has 0 aliphatic rings. The van der Waals surface area contributed by atoms with E-state index < -0.39 is 10.0 Å². The molecule has 0 bridgehead atoms. The van der Waals surface area contributed by atoms with E-state index in [1.165, 1.54) is 30.3 Å². The van der Waals surface area contributed by atoms with E-state index in [2.05, 4.69) is 15.2 Å². The van der Waals surface area contributed by atoms with Crippen molar-refractivity contribution >= 4 is 27.4 Å². The Kier molecular flexibility index (Phi) is 6.73. The smallest absolute Gasteiger partial charge is 0.263 e. The lowest BCUT2D eigenvalue weighted by atomic mass is 10.2. The average molecular weight is 429 g/mol. The van der Waals surface area contributed by atoms with Crippen LogP contribution < -0.4 is 14.8 Å². The van der Waals surface area contributed by atoms with Crippen molar-refractivity contribution in [3.05, 3.63) is 65.9 Å². The van der Waals surface area contributed by atoms with Gasteiger partial charge in [-0.05, 0) is 62.2 Å². The number of hydrogen-bond donors (Lipinski definition) is 2. The largest absolute Gasteiger partial charge is 0.494 e. The van der Waals surface area contributed by atoms with Crippen LogP contribution in [0.25, 0.3) is 0 Å². The molecule has 0 aliphatic carbocycles. The molecule has 1 aromatic heterocycles. The van der Waals surface area contributed by atoms with Crippen molar-refractivity contribution in [1.82, 2.24) is 5.16 Å². The normalized spacial score (nSPS) is 11.1. The molecular weight excluding hydrogens is 406 g/mol. The molecule has 2 N–H and O–H groups in total. The first-order valence-electron chi connectivity index (χ1n) is 9.37. The van der Waals surface area contributed by atoms with Gasteiger partial charge in [0.2, 0.25) is 5.91 Å². The lowest BCUT2D eigenvalue weighted by Gasteiger charge is -2.09. The van der Waals surface area contributed by atoms with Crippen molar-refractivity contribution in [1.29, 1.82) is 0 Å². The SMILES string of the molecule is Cc1cccc(OCCCC(=O)Nc2ccc(S(=O)(=O)Nc3cc(C)on3)cc2)c1. The highest BCUT2D eigenvalue weighted by molar-refractivity contribution is 7.92. The van der Waals surface area contributed by atoms with Gasteiger partial charge in [-0.2, -0.15) is 0 Å². The van der Waals surface area contributed by atoms with Gasteiger partial charge in [0.25, 0.3) is 10.0 Å². The van der Waals surface area contributed by atoms with Crippen LogP contribution in [0.3, 0.4) is 0 Å². The third-order valence-electron chi connectivity index (χ3n) is 4.12. The lowest BCUT2D eigenvalue weighted by molar-refractivity contribution is -0.116. The fourth-order valence-electron chi connectivity index (χ4n) is 2.68. The van der Waals surface area contributed by atoms with Crippen LogP contribution in [0.15, 0.2) is 64.0 Å². The Hall–Kier alpha value is -3.33. The summed E-state index contributed by atoms with van der Waals surface area (Å²) in [6.07, 6.45) is 0.853. The van der Waals surface area contributed by atoms with Crippen molar-refractivity contribution in [2.75, 3.05) is 16.6 Å². The zero-order valence-electron chi connectivity index (χ0n) is 16.7. The molecule has 0 radical (unpaired) electrons. The summed E-state index contributed by atoms with van der Waals surface area (Å²) in [6.45, 7) is 4.08. The molecule has 8 nitrogen and oxygen atoms in total. The maximum Gasteiger partial charge on any atom is 0.263 e. The third-order valence-corrected chi connectivity index (χ3v) is 5.49. The van der Waals surface area contributed by atoms with Gasteiger partial charge in [0.1, 0.15) is 11.5 Å². The second-order valence-electron chi connectivity index (χ2n) is 6.77. The Morgan fingerprint density at radius 2 is 1.87 bits per heavy atom. The summed E-state index contributed by atoms with van der Waals surface area (Å²) in [5.41, 5.74) is 1.62. The topological polar surface area (TPSA) is 111 Å². The summed E-state index contributed by atoms with van der Waals surface area (Å²) in [7, 11) is -3.79. The molecule has 158 valence electrons. The van der Waals surface area contributed by atoms with Gasteiger partial charge in [-0.25, -0.2) is 8.42 Å². The first-order valence-corrected chi connectivity index (χ1v) is 10.9. The van der Waals surface area contributed by atoms with Gasteiger partial charge in [-0.3, -0.25) is 9.52 Å². The van der Waals surface area contributed by atoms with E-state index in [1.54, 1.807) is 6.92 Å². The summed E-state index contributed by atoms with van der Waals surface area (Å²) in [5, 5.41) is 6.35. The van der Waals surface area contributed by atoms with Crippen LogP contribution in [0, 0.1) is 13.8 Å². The number of ether oxygens (including phenoxy) is 1. The van der Waals surface area contributed by atoms with E-state index in [9.17, 15) is 13.2 Å². The number of benzene rings is 2. The first-order chi connectivity index (χ1) is 14.3. The average Bonchev–Trinajstić information content (AvgIpc) is 3.10. The van der Waals surface area contributed by atoms with Crippen LogP contribution in [0.1, 0.15) is 24.2 Å². The molecule has 0 fully saturated rings. The second-order valence-corrected chi connectivity index (χ2v) is 8.45. The van der Waals surface area contributed by atoms with Crippen molar-refractivity contribution in [2.24, 2.45) is 0 Å². The molecule has 1 heterocycles. The Bertz CT molecular complexity index is 1110. The molecule has 0 atom stereocenters. The summed E-state index contributed by atoms with van der Waals surface area (Å²) < 4.78 is 37.5. The molecule has 3 rings (SSSR count). The number of anilines is 2. The van der Waals surface area contributed by atoms with Gasteiger partial charge in [0.05, 0.1) is 11.5 Å². The summed E-state index contributed by atoms with van der Waals surface area (Å²) in [4.78, 5) is 12.1. The predicted octanol–water partition coefficient (Wildman–Crippen LogP) is 3.89. The Balaban J connectivity index is 1.47. The van der Waals surface area contributed by atoms with Gasteiger partial charge in [0, 0.05) is 18.2 Å². The third kappa shape index (κ3) is 6.08. The number of sulfonamides is 1. The quantitative estimate of drug-likeness (QED) is 0.499. The van der Waals surface area contributed by atoms with Crippen LogP contribution in [0.4, 0.5) is 11.5 Å². The molecular formula is C21H23N3O5S. The number of carbonyl (C=O) groups excluding carboxylic acids is 1. The fourth-order valence-corrected chi connectivity index (χ4v) is 3.66. The van der Waals surface area contributed by atoms with Crippen LogP contribution in [0.2, 0.25) is 0 Å². The van der Waals surface area contributed by atoms with Crippen LogP contribution in [0.5, 0.6) is 5.75 Å². The van der Waals surface area contributed by atoms with Crippen molar-refractivity contribution in [3.63, 3.8) is 0 Å². The van der Waals surface area contributed by atoms with Gasteiger partial charge < -0.3 is 14.6 Å². The number of hydrogen-bond acceptors (Lipinski definition) is 6. The summed E-state index contributed by atoms with van der Waals surface area (Å²) in [5.74, 6) is 1.21. The van der Waals surface area contributed by atoms with E-state index in [-0.39, 0.29) is 16.6 Å². The van der Waals surface area contributed by atoms with E-state index in [4.69, 9.17) is 9.26 Å². The van der Waals surface area contributed by atoms with Crippen LogP contribution in [-0.4, -0.2) is 26.1 Å². The number of amides is 1. The van der Waals surface area contributed by atoms with Gasteiger partial charge >= 0.3 is 0 Å². The number of nitrogens with zero attached hydrogens (tertiary/aromatic N) is 1. The Morgan fingerprint density at radius 3 is 2.53 bits per heavy atom. The maximum absolute atomic E-state index is 12.4. The van der Waals surface area contributed by atoms with E-state index in [0.29, 0.717) is 30.9 Å². The van der Waals surface area contributed by atoms with Crippen molar-refractivity contribution in [2.45, 2.75) is 31.6 Å². The molecule has 0 aliphatic heterocycles. The molecule has 30 heavy (non-hydrogen) atoms. The molecule has 9 heteroatoms. The molecule has 1 amide bonds. The monoisotopic (exact) mass is 429 g/mol. The first kappa shape index (κ1) is 21.4. The van der Waals surface area contributed by atoms with E-state index in [1.807, 2.05) is 31.2 Å². The van der Waals surface area contributed by atoms with E-state index >= 15 is 0 Å². The van der Waals surface area contributed by atoms with E-state index in [0.717, 1.165) is 11.3 Å². The molecule has 0 saturated heterocycles. The lowest BCUT2D eigenvalue weighted by Crippen LogP contribution is -2.14. The highest BCUT2D eigenvalue weighted by atomic mass is 32.2. The van der Waals surface area contributed by atoms with Gasteiger partial charge in [0.15, 0.2) is 5.82 Å². The minimum absolute atomic E-state index is 0.0488. The predicted molar refractivity (Wildman–Crippen MR) is 113 cm³/mol. The molecule has 2 aromatic carbocycles. The molecule has 3 aromatic rings. The highest BCUT2D eigenvalue weighted by Crippen LogP contribution is 2.18. The Morgan fingerprint density at radius 1 is 1.10 bits per heavy atom. The maximum atomic E-state index is 12.4.